The normalized spacial score (nSPS) is 14.8. The highest BCUT2D eigenvalue weighted by Gasteiger charge is 2.30. The van der Waals surface area contributed by atoms with Gasteiger partial charge in [-0.25, -0.2) is 0 Å². The number of rotatable bonds is 5. The summed E-state index contributed by atoms with van der Waals surface area (Å²) >= 11 is 8.29. The Labute approximate surface area is 153 Å². The van der Waals surface area contributed by atoms with E-state index in [4.69, 9.17) is 11.6 Å². The van der Waals surface area contributed by atoms with Crippen LogP contribution in [-0.4, -0.2) is 34.2 Å². The van der Waals surface area contributed by atoms with Crippen molar-refractivity contribution in [2.75, 3.05) is 13.1 Å². The number of benzene rings is 1. The van der Waals surface area contributed by atoms with E-state index in [0.717, 1.165) is 14.5 Å². The lowest BCUT2D eigenvalue weighted by Gasteiger charge is -2.38. The minimum atomic E-state index is -0.0588. The van der Waals surface area contributed by atoms with E-state index in [1.54, 1.807) is 4.90 Å². The van der Waals surface area contributed by atoms with Gasteiger partial charge in [-0.05, 0) is 46.9 Å². The monoisotopic (exact) mass is 442 g/mol. The number of carbonyl (C=O) groups excluding carboxylic acids is 2. The van der Waals surface area contributed by atoms with Crippen molar-refractivity contribution in [1.82, 2.24) is 9.47 Å². The Morgan fingerprint density at radius 1 is 1.39 bits per heavy atom. The molecule has 1 saturated heterocycles. The number of likely N-dealkylation sites (tertiary alicyclic amines) is 1. The Hall–Kier alpha value is -1.34. The molecule has 1 amide bonds. The molecule has 2 heterocycles. The van der Waals surface area contributed by atoms with Gasteiger partial charge in [0, 0.05) is 51.1 Å². The average Bonchev–Trinajstić information content (AvgIpc) is 2.77. The van der Waals surface area contributed by atoms with Gasteiger partial charge >= 0.3 is 0 Å². The van der Waals surface area contributed by atoms with Crippen LogP contribution < -0.4 is 0 Å². The quantitative estimate of drug-likeness (QED) is 0.525. The lowest BCUT2D eigenvalue weighted by molar-refractivity contribution is -0.134. The number of hydrogen-bond acceptors (Lipinski definition) is 2. The second-order valence-electron chi connectivity index (χ2n) is 5.82. The minimum Gasteiger partial charge on any atom is -0.339 e. The number of halogens is 2. The molecule has 0 radical (unpaired) electrons. The summed E-state index contributed by atoms with van der Waals surface area (Å²) in [6.07, 6.45) is 3.80. The Morgan fingerprint density at radius 3 is 2.83 bits per heavy atom. The summed E-state index contributed by atoms with van der Waals surface area (Å²) in [6, 6.07) is 5.71. The molecular weight excluding hydrogens is 427 g/mol. The van der Waals surface area contributed by atoms with Crippen LogP contribution in [0.2, 0.25) is 5.02 Å². The summed E-state index contributed by atoms with van der Waals surface area (Å²) in [5.74, 6) is 0.391. The summed E-state index contributed by atoms with van der Waals surface area (Å²) < 4.78 is 3.06. The Kier molecular flexibility index (Phi) is 4.77. The molecule has 1 aromatic carbocycles. The fraction of sp³-hybridized carbons (Fsp3) is 0.294. The van der Waals surface area contributed by atoms with E-state index >= 15 is 0 Å². The van der Waals surface area contributed by atoms with E-state index in [-0.39, 0.29) is 17.6 Å². The van der Waals surface area contributed by atoms with Crippen molar-refractivity contribution in [3.63, 3.8) is 0 Å². The van der Waals surface area contributed by atoms with Gasteiger partial charge in [-0.2, -0.15) is 0 Å². The summed E-state index contributed by atoms with van der Waals surface area (Å²) in [4.78, 5) is 25.4. The van der Waals surface area contributed by atoms with Crippen LogP contribution in [0.5, 0.6) is 0 Å². The summed E-state index contributed by atoms with van der Waals surface area (Å²) in [5.41, 5.74) is 1.02. The first-order valence-electron chi connectivity index (χ1n) is 7.35. The lowest BCUT2D eigenvalue weighted by atomic mass is 9.94. The SMILES string of the molecule is C=CC(=O)N1CC(CC(=O)Cn2cc(I)c3cc(Cl)ccc32)C1. The van der Waals surface area contributed by atoms with E-state index < -0.39 is 0 Å². The molecule has 0 unspecified atom stereocenters. The van der Waals surface area contributed by atoms with Crippen LogP contribution in [0.1, 0.15) is 6.42 Å². The number of Topliss-reactive ketones (excluding diaryl/α,β-unsaturated/α-hetero) is 1. The first-order valence-corrected chi connectivity index (χ1v) is 8.80. The Bertz CT molecular complexity index is 793. The van der Waals surface area contributed by atoms with Gasteiger partial charge in [0.1, 0.15) is 0 Å². The average molecular weight is 443 g/mol. The van der Waals surface area contributed by atoms with E-state index in [1.165, 1.54) is 6.08 Å². The number of ketones is 1. The molecular formula is C17H16ClIN2O2. The maximum Gasteiger partial charge on any atom is 0.245 e. The van der Waals surface area contributed by atoms with Crippen molar-refractivity contribution < 1.29 is 9.59 Å². The topological polar surface area (TPSA) is 42.3 Å². The molecule has 0 bridgehead atoms. The van der Waals surface area contributed by atoms with Crippen molar-refractivity contribution in [2.45, 2.75) is 13.0 Å². The van der Waals surface area contributed by atoms with E-state index in [9.17, 15) is 9.59 Å². The van der Waals surface area contributed by atoms with Crippen LogP contribution in [0.25, 0.3) is 10.9 Å². The van der Waals surface area contributed by atoms with Crippen LogP contribution in [0, 0.1) is 9.49 Å². The fourth-order valence-corrected chi connectivity index (χ4v) is 3.88. The van der Waals surface area contributed by atoms with Crippen molar-refractivity contribution in [3.05, 3.63) is 45.6 Å². The third kappa shape index (κ3) is 3.45. The second kappa shape index (κ2) is 6.65. The zero-order valence-corrected chi connectivity index (χ0v) is 15.4. The van der Waals surface area contributed by atoms with Gasteiger partial charge in [0.15, 0.2) is 5.78 Å². The molecule has 0 N–H and O–H groups in total. The highest BCUT2D eigenvalue weighted by molar-refractivity contribution is 14.1. The molecule has 2 aromatic rings. The van der Waals surface area contributed by atoms with Crippen LogP contribution in [0.15, 0.2) is 37.1 Å². The van der Waals surface area contributed by atoms with Crippen LogP contribution >= 0.6 is 34.2 Å². The number of amides is 1. The third-order valence-corrected chi connectivity index (χ3v) is 5.20. The zero-order valence-electron chi connectivity index (χ0n) is 12.5. The van der Waals surface area contributed by atoms with Crippen molar-refractivity contribution in [2.24, 2.45) is 5.92 Å². The molecule has 23 heavy (non-hydrogen) atoms. The predicted octanol–water partition coefficient (Wildman–Crippen LogP) is 3.50. The van der Waals surface area contributed by atoms with Gasteiger partial charge in [0.2, 0.25) is 5.91 Å². The second-order valence-corrected chi connectivity index (χ2v) is 7.42. The molecule has 6 heteroatoms. The van der Waals surface area contributed by atoms with Crippen LogP contribution in [0.3, 0.4) is 0 Å². The smallest absolute Gasteiger partial charge is 0.245 e. The standard InChI is InChI=1S/C17H16ClIN2O2/c1-2-17(23)21-7-11(8-21)5-13(22)9-20-10-15(19)14-6-12(18)3-4-16(14)20/h2-4,6,10-11H,1,5,7-9H2. The highest BCUT2D eigenvalue weighted by Crippen LogP contribution is 2.27. The van der Waals surface area contributed by atoms with Crippen LogP contribution in [0.4, 0.5) is 0 Å². The molecule has 1 aliphatic heterocycles. The van der Waals surface area contributed by atoms with Gasteiger partial charge in [0.05, 0.1) is 6.54 Å². The first-order chi connectivity index (χ1) is 11.0. The molecule has 0 atom stereocenters. The van der Waals surface area contributed by atoms with Gasteiger partial charge < -0.3 is 9.47 Å². The van der Waals surface area contributed by atoms with E-state index in [0.29, 0.717) is 31.1 Å². The van der Waals surface area contributed by atoms with Gasteiger partial charge in [-0.15, -0.1) is 0 Å². The molecule has 1 aliphatic rings. The Balaban J connectivity index is 1.63. The Morgan fingerprint density at radius 2 is 2.13 bits per heavy atom. The molecule has 120 valence electrons. The summed E-state index contributed by atoms with van der Waals surface area (Å²) in [7, 11) is 0. The highest BCUT2D eigenvalue weighted by atomic mass is 127. The number of carbonyl (C=O) groups is 2. The molecule has 1 fully saturated rings. The lowest BCUT2D eigenvalue weighted by Crippen LogP contribution is -2.50. The van der Waals surface area contributed by atoms with Crippen molar-refractivity contribution in [3.8, 4) is 0 Å². The maximum absolute atomic E-state index is 12.3. The van der Waals surface area contributed by atoms with E-state index in [1.807, 2.05) is 29.0 Å². The third-order valence-electron chi connectivity index (χ3n) is 4.10. The molecule has 1 aromatic heterocycles. The fourth-order valence-electron chi connectivity index (χ4n) is 2.94. The van der Waals surface area contributed by atoms with Gasteiger partial charge in [-0.3, -0.25) is 9.59 Å². The molecule has 0 spiro atoms. The predicted molar refractivity (Wildman–Crippen MR) is 99.6 cm³/mol. The minimum absolute atomic E-state index is 0.0588. The molecule has 3 rings (SSSR count). The number of fused-ring (bicyclic) bond motifs is 1. The molecule has 4 nitrogen and oxygen atoms in total. The van der Waals surface area contributed by atoms with Crippen LogP contribution in [-0.2, 0) is 16.1 Å². The maximum atomic E-state index is 12.3. The zero-order chi connectivity index (χ0) is 16.6. The largest absolute Gasteiger partial charge is 0.339 e. The first kappa shape index (κ1) is 16.5. The van der Waals surface area contributed by atoms with Gasteiger partial charge in [-0.1, -0.05) is 18.2 Å². The number of hydrogen-bond donors (Lipinski definition) is 0. The molecule has 0 aliphatic carbocycles. The van der Waals surface area contributed by atoms with Gasteiger partial charge in [0.25, 0.3) is 0 Å². The van der Waals surface area contributed by atoms with Crippen molar-refractivity contribution >= 4 is 56.8 Å². The number of nitrogens with zero attached hydrogens (tertiary/aromatic N) is 2. The summed E-state index contributed by atoms with van der Waals surface area (Å²) in [6.45, 7) is 5.12. The summed E-state index contributed by atoms with van der Waals surface area (Å²) in [5, 5.41) is 1.76. The van der Waals surface area contributed by atoms with Crippen molar-refractivity contribution in [1.29, 1.82) is 0 Å². The molecule has 0 saturated carbocycles. The number of aromatic nitrogens is 1. The van der Waals surface area contributed by atoms with E-state index in [2.05, 4.69) is 29.2 Å².